The second-order valence-corrected chi connectivity index (χ2v) is 2.49. The minimum Gasteiger partial charge on any atom is -0.422 e. The van der Waals surface area contributed by atoms with E-state index in [-0.39, 0.29) is 0 Å². The predicted molar refractivity (Wildman–Crippen MR) is 51.8 cm³/mol. The van der Waals surface area contributed by atoms with Crippen LogP contribution in [0.5, 0.6) is 0 Å². The van der Waals surface area contributed by atoms with Crippen molar-refractivity contribution in [2.45, 2.75) is 6.92 Å². The SMILES string of the molecule is CC=NNc1nc2ccccc2o1. The third-order valence-corrected chi connectivity index (χ3v) is 1.58. The van der Waals surface area contributed by atoms with Gasteiger partial charge >= 0.3 is 6.01 Å². The number of para-hydroxylation sites is 2. The monoisotopic (exact) mass is 175 g/mol. The molecule has 2 aromatic rings. The lowest BCUT2D eigenvalue weighted by Gasteiger charge is -1.87. The van der Waals surface area contributed by atoms with E-state index in [1.165, 1.54) is 0 Å². The highest BCUT2D eigenvalue weighted by atomic mass is 16.4. The highest BCUT2D eigenvalue weighted by Crippen LogP contribution is 2.17. The molecular formula is C9H9N3O. The van der Waals surface area contributed by atoms with Gasteiger partial charge in [-0.1, -0.05) is 12.1 Å². The van der Waals surface area contributed by atoms with Crippen LogP contribution in [0.2, 0.25) is 0 Å². The summed E-state index contributed by atoms with van der Waals surface area (Å²) in [5.74, 6) is 0. The van der Waals surface area contributed by atoms with Crippen LogP contribution in [-0.2, 0) is 0 Å². The van der Waals surface area contributed by atoms with Crippen LogP contribution < -0.4 is 5.43 Å². The van der Waals surface area contributed by atoms with Crippen LogP contribution in [0.3, 0.4) is 0 Å². The molecule has 0 saturated heterocycles. The Morgan fingerprint density at radius 2 is 2.31 bits per heavy atom. The lowest BCUT2D eigenvalue weighted by Crippen LogP contribution is -1.86. The third-order valence-electron chi connectivity index (χ3n) is 1.58. The molecule has 0 aliphatic heterocycles. The summed E-state index contributed by atoms with van der Waals surface area (Å²) >= 11 is 0. The number of anilines is 1. The maximum Gasteiger partial charge on any atom is 0.316 e. The maximum atomic E-state index is 5.33. The smallest absolute Gasteiger partial charge is 0.316 e. The molecule has 4 nitrogen and oxygen atoms in total. The molecule has 2 rings (SSSR count). The van der Waals surface area contributed by atoms with Crippen LogP contribution in [0.4, 0.5) is 6.01 Å². The first-order chi connectivity index (χ1) is 6.40. The molecule has 1 aromatic carbocycles. The van der Waals surface area contributed by atoms with Gasteiger partial charge in [-0.15, -0.1) is 0 Å². The number of nitrogens with one attached hydrogen (secondary N) is 1. The predicted octanol–water partition coefficient (Wildman–Crippen LogP) is 2.25. The van der Waals surface area contributed by atoms with Gasteiger partial charge in [0.2, 0.25) is 0 Å². The number of rotatable bonds is 2. The Bertz CT molecular complexity index is 400. The number of oxazole rings is 1. The van der Waals surface area contributed by atoms with Gasteiger partial charge in [-0.2, -0.15) is 10.1 Å². The number of fused-ring (bicyclic) bond motifs is 1. The average Bonchev–Trinajstić information content (AvgIpc) is 2.57. The molecule has 13 heavy (non-hydrogen) atoms. The second-order valence-electron chi connectivity index (χ2n) is 2.49. The van der Waals surface area contributed by atoms with Crippen LogP contribution in [0, 0.1) is 0 Å². The van der Waals surface area contributed by atoms with Crippen LogP contribution in [-0.4, -0.2) is 11.2 Å². The summed E-state index contributed by atoms with van der Waals surface area (Å²) in [5.41, 5.74) is 4.27. The molecule has 0 bridgehead atoms. The number of aromatic nitrogens is 1. The zero-order chi connectivity index (χ0) is 9.10. The van der Waals surface area contributed by atoms with E-state index in [0.717, 1.165) is 11.1 Å². The average molecular weight is 175 g/mol. The Morgan fingerprint density at radius 1 is 1.46 bits per heavy atom. The van der Waals surface area contributed by atoms with Crippen LogP contribution in [0.1, 0.15) is 6.92 Å². The molecule has 0 atom stereocenters. The molecule has 1 aromatic heterocycles. The normalized spacial score (nSPS) is 11.2. The van der Waals surface area contributed by atoms with E-state index in [2.05, 4.69) is 15.5 Å². The van der Waals surface area contributed by atoms with Gasteiger partial charge in [0.05, 0.1) is 0 Å². The fourth-order valence-electron chi connectivity index (χ4n) is 1.04. The molecule has 0 saturated carbocycles. The first kappa shape index (κ1) is 7.79. The molecule has 0 spiro atoms. The van der Waals surface area contributed by atoms with Gasteiger partial charge in [0, 0.05) is 6.21 Å². The number of hydrogen-bond donors (Lipinski definition) is 1. The van der Waals surface area contributed by atoms with Gasteiger partial charge < -0.3 is 4.42 Å². The Balaban J connectivity index is 2.38. The fourth-order valence-corrected chi connectivity index (χ4v) is 1.04. The van der Waals surface area contributed by atoms with E-state index in [4.69, 9.17) is 4.42 Å². The molecule has 0 amide bonds. The molecule has 4 heteroatoms. The van der Waals surface area contributed by atoms with E-state index in [1.807, 2.05) is 31.2 Å². The first-order valence-electron chi connectivity index (χ1n) is 3.99. The second kappa shape index (κ2) is 3.26. The topological polar surface area (TPSA) is 50.4 Å². The summed E-state index contributed by atoms with van der Waals surface area (Å²) in [5, 5.41) is 3.81. The van der Waals surface area contributed by atoms with Gasteiger partial charge in [0.15, 0.2) is 5.58 Å². The highest BCUT2D eigenvalue weighted by Gasteiger charge is 2.01. The zero-order valence-corrected chi connectivity index (χ0v) is 7.19. The highest BCUT2D eigenvalue weighted by molar-refractivity contribution is 5.74. The molecule has 0 aliphatic carbocycles. The first-order valence-corrected chi connectivity index (χ1v) is 3.99. The standard InChI is InChI=1S/C9H9N3O/c1-2-10-12-9-11-7-5-3-4-6-8(7)13-9/h2-6H,1H3,(H,11,12). The number of hydrazone groups is 1. The molecule has 0 aliphatic rings. The Kier molecular flexibility index (Phi) is 1.96. The number of nitrogens with zero attached hydrogens (tertiary/aromatic N) is 2. The summed E-state index contributed by atoms with van der Waals surface area (Å²) in [6.07, 6.45) is 1.63. The van der Waals surface area contributed by atoms with E-state index in [1.54, 1.807) is 6.21 Å². The van der Waals surface area contributed by atoms with Gasteiger partial charge in [-0.05, 0) is 19.1 Å². The van der Waals surface area contributed by atoms with Crippen molar-refractivity contribution in [3.63, 3.8) is 0 Å². The minimum atomic E-state index is 0.416. The van der Waals surface area contributed by atoms with Crippen molar-refractivity contribution >= 4 is 23.3 Å². The van der Waals surface area contributed by atoms with Crippen LogP contribution in [0.25, 0.3) is 11.1 Å². The Labute approximate surface area is 75.3 Å². The lowest BCUT2D eigenvalue weighted by atomic mass is 10.3. The molecule has 66 valence electrons. The molecule has 1 N–H and O–H groups in total. The summed E-state index contributed by atoms with van der Waals surface area (Å²) in [6, 6.07) is 7.99. The van der Waals surface area contributed by atoms with Crippen LogP contribution >= 0.6 is 0 Å². The van der Waals surface area contributed by atoms with E-state index in [0.29, 0.717) is 6.01 Å². The van der Waals surface area contributed by atoms with Crippen molar-refractivity contribution in [2.24, 2.45) is 5.10 Å². The van der Waals surface area contributed by atoms with Crippen molar-refractivity contribution in [3.05, 3.63) is 24.3 Å². The van der Waals surface area contributed by atoms with Gasteiger partial charge in [-0.25, -0.2) is 5.43 Å². The van der Waals surface area contributed by atoms with Crippen molar-refractivity contribution in [3.8, 4) is 0 Å². The molecular weight excluding hydrogens is 166 g/mol. The number of benzene rings is 1. The van der Waals surface area contributed by atoms with E-state index < -0.39 is 0 Å². The van der Waals surface area contributed by atoms with Crippen molar-refractivity contribution in [1.82, 2.24) is 4.98 Å². The number of hydrogen-bond acceptors (Lipinski definition) is 4. The molecule has 1 heterocycles. The quantitative estimate of drug-likeness (QED) is 0.562. The summed E-state index contributed by atoms with van der Waals surface area (Å²) in [6.45, 7) is 1.82. The van der Waals surface area contributed by atoms with Gasteiger partial charge in [-0.3, -0.25) is 0 Å². The van der Waals surface area contributed by atoms with Crippen molar-refractivity contribution in [2.75, 3.05) is 5.43 Å². The van der Waals surface area contributed by atoms with E-state index in [9.17, 15) is 0 Å². The van der Waals surface area contributed by atoms with Crippen molar-refractivity contribution in [1.29, 1.82) is 0 Å². The van der Waals surface area contributed by atoms with Gasteiger partial charge in [0.25, 0.3) is 0 Å². The van der Waals surface area contributed by atoms with E-state index >= 15 is 0 Å². The summed E-state index contributed by atoms with van der Waals surface area (Å²) in [7, 11) is 0. The maximum absolute atomic E-state index is 5.33. The Hall–Kier alpha value is -1.84. The third kappa shape index (κ3) is 1.51. The minimum absolute atomic E-state index is 0.416. The molecule has 0 unspecified atom stereocenters. The summed E-state index contributed by atoms with van der Waals surface area (Å²) in [4.78, 5) is 4.16. The zero-order valence-electron chi connectivity index (χ0n) is 7.19. The molecule has 0 fully saturated rings. The summed E-state index contributed by atoms with van der Waals surface area (Å²) < 4.78 is 5.33. The van der Waals surface area contributed by atoms with Crippen LogP contribution in [0.15, 0.2) is 33.8 Å². The molecule has 0 radical (unpaired) electrons. The van der Waals surface area contributed by atoms with Gasteiger partial charge in [0.1, 0.15) is 5.52 Å². The van der Waals surface area contributed by atoms with Crippen molar-refractivity contribution < 1.29 is 4.42 Å². The Morgan fingerprint density at radius 3 is 3.08 bits per heavy atom. The largest absolute Gasteiger partial charge is 0.422 e. The lowest BCUT2D eigenvalue weighted by molar-refractivity contribution is 0.617. The fraction of sp³-hybridized carbons (Fsp3) is 0.111.